The second-order valence-corrected chi connectivity index (χ2v) is 8.17. The van der Waals surface area contributed by atoms with Crippen molar-refractivity contribution >= 4 is 23.0 Å². The summed E-state index contributed by atoms with van der Waals surface area (Å²) in [5, 5.41) is 0. The highest BCUT2D eigenvalue weighted by atomic mass is 32.2. The third-order valence-electron chi connectivity index (χ3n) is 4.95. The first-order valence-electron chi connectivity index (χ1n) is 9.31. The van der Waals surface area contributed by atoms with Crippen LogP contribution < -0.4 is 4.90 Å². The van der Waals surface area contributed by atoms with Gasteiger partial charge in [-0.05, 0) is 61.5 Å². The molecule has 4 rings (SSSR count). The van der Waals surface area contributed by atoms with E-state index in [0.29, 0.717) is 0 Å². The smallest absolute Gasteiger partial charge is 0.0642 e. The molecule has 0 aliphatic carbocycles. The van der Waals surface area contributed by atoms with Gasteiger partial charge < -0.3 is 14.5 Å². The Balaban J connectivity index is 1.72. The van der Waals surface area contributed by atoms with Gasteiger partial charge in [-0.3, -0.25) is 0 Å². The van der Waals surface area contributed by atoms with Crippen LogP contribution in [0.4, 0.5) is 5.69 Å². The quantitative estimate of drug-likeness (QED) is 0.681. The monoisotopic (exact) mass is 366 g/mol. The minimum Gasteiger partial charge on any atom is -0.378 e. The van der Waals surface area contributed by atoms with Crippen LogP contribution in [-0.2, 0) is 4.74 Å². The van der Waals surface area contributed by atoms with Crippen molar-refractivity contribution < 1.29 is 4.74 Å². The molecule has 0 spiro atoms. The van der Waals surface area contributed by atoms with Crippen LogP contribution in [0.1, 0.15) is 17.5 Å². The van der Waals surface area contributed by atoms with E-state index in [2.05, 4.69) is 72.4 Å². The molecule has 2 aromatic carbocycles. The fraction of sp³-hybridized carbons (Fsp3) is 0.364. The first-order valence-corrected chi connectivity index (χ1v) is 10.1. The standard InChI is InChI=1S/C22H26N2OS/c1-23(2)11-5-7-18-19-6-3-4-8-21(19)26-22-10-9-17(16-20(18)22)24-12-14-25-15-13-24/h3-4,6-10,16H,5,11-15H2,1-2H3/b18-7-. The van der Waals surface area contributed by atoms with Crippen molar-refractivity contribution in [3.8, 4) is 0 Å². The molecule has 26 heavy (non-hydrogen) atoms. The maximum Gasteiger partial charge on any atom is 0.0642 e. The van der Waals surface area contributed by atoms with E-state index < -0.39 is 0 Å². The SMILES string of the molecule is CN(C)CC/C=C1/c2ccccc2Sc2ccc(N3CCOCC3)cc21. The molecule has 0 amide bonds. The predicted molar refractivity (Wildman–Crippen MR) is 110 cm³/mol. The molecule has 0 radical (unpaired) electrons. The number of hydrogen-bond acceptors (Lipinski definition) is 4. The topological polar surface area (TPSA) is 15.7 Å². The first-order chi connectivity index (χ1) is 12.7. The molecule has 0 bridgehead atoms. The highest BCUT2D eigenvalue weighted by molar-refractivity contribution is 7.99. The van der Waals surface area contributed by atoms with Gasteiger partial charge in [0.25, 0.3) is 0 Å². The number of morpholine rings is 1. The average Bonchev–Trinajstić information content (AvgIpc) is 2.67. The van der Waals surface area contributed by atoms with Crippen LogP contribution in [0.2, 0.25) is 0 Å². The van der Waals surface area contributed by atoms with E-state index in [-0.39, 0.29) is 0 Å². The van der Waals surface area contributed by atoms with Crippen LogP contribution in [0.15, 0.2) is 58.3 Å². The Labute approximate surface area is 160 Å². The summed E-state index contributed by atoms with van der Waals surface area (Å²) in [7, 11) is 4.27. The second-order valence-electron chi connectivity index (χ2n) is 7.09. The molecule has 2 heterocycles. The molecule has 2 aliphatic heterocycles. The summed E-state index contributed by atoms with van der Waals surface area (Å²) in [5.74, 6) is 0. The van der Waals surface area contributed by atoms with Crippen LogP contribution >= 0.6 is 11.8 Å². The zero-order valence-corrected chi connectivity index (χ0v) is 16.4. The van der Waals surface area contributed by atoms with E-state index in [9.17, 15) is 0 Å². The Kier molecular flexibility index (Phi) is 5.34. The number of ether oxygens (including phenoxy) is 1. The van der Waals surface area contributed by atoms with Crippen LogP contribution in [0.25, 0.3) is 5.57 Å². The summed E-state index contributed by atoms with van der Waals surface area (Å²) in [5.41, 5.74) is 5.43. The van der Waals surface area contributed by atoms with Gasteiger partial charge in [0.15, 0.2) is 0 Å². The number of benzene rings is 2. The highest BCUT2D eigenvalue weighted by Crippen LogP contribution is 2.46. The summed E-state index contributed by atoms with van der Waals surface area (Å²) in [6.45, 7) is 4.65. The molecule has 0 saturated carbocycles. The maximum absolute atomic E-state index is 5.52. The van der Waals surface area contributed by atoms with Gasteiger partial charge in [0.1, 0.15) is 0 Å². The van der Waals surface area contributed by atoms with Gasteiger partial charge in [-0.1, -0.05) is 36.0 Å². The van der Waals surface area contributed by atoms with E-state index in [1.807, 2.05) is 11.8 Å². The van der Waals surface area contributed by atoms with Gasteiger partial charge in [0.05, 0.1) is 13.2 Å². The average molecular weight is 367 g/mol. The third-order valence-corrected chi connectivity index (χ3v) is 6.10. The van der Waals surface area contributed by atoms with Crippen LogP contribution in [0.3, 0.4) is 0 Å². The normalized spacial score (nSPS) is 18.1. The molecule has 0 N–H and O–H groups in total. The molecule has 4 heteroatoms. The van der Waals surface area contributed by atoms with Gasteiger partial charge in [0, 0.05) is 35.1 Å². The van der Waals surface area contributed by atoms with Crippen molar-refractivity contribution in [3.05, 3.63) is 59.7 Å². The Bertz CT molecular complexity index is 810. The maximum atomic E-state index is 5.52. The molecule has 2 aliphatic rings. The molecule has 0 aromatic heterocycles. The second kappa shape index (κ2) is 7.87. The lowest BCUT2D eigenvalue weighted by Crippen LogP contribution is -2.36. The van der Waals surface area contributed by atoms with E-state index in [1.54, 1.807) is 0 Å². The van der Waals surface area contributed by atoms with E-state index in [1.165, 1.54) is 32.2 Å². The van der Waals surface area contributed by atoms with Crippen molar-refractivity contribution in [3.63, 3.8) is 0 Å². The lowest BCUT2D eigenvalue weighted by Gasteiger charge is -2.30. The van der Waals surface area contributed by atoms with E-state index >= 15 is 0 Å². The highest BCUT2D eigenvalue weighted by Gasteiger charge is 2.22. The summed E-state index contributed by atoms with van der Waals surface area (Å²) in [4.78, 5) is 7.39. The van der Waals surface area contributed by atoms with Crippen molar-refractivity contribution in [1.29, 1.82) is 0 Å². The van der Waals surface area contributed by atoms with E-state index in [4.69, 9.17) is 4.74 Å². The Morgan fingerprint density at radius 2 is 1.81 bits per heavy atom. The number of nitrogens with zero attached hydrogens (tertiary/aromatic N) is 2. The van der Waals surface area contributed by atoms with Gasteiger partial charge in [-0.15, -0.1) is 0 Å². The molecule has 1 fully saturated rings. The Hall–Kier alpha value is -1.75. The first kappa shape index (κ1) is 17.7. The lowest BCUT2D eigenvalue weighted by atomic mass is 9.95. The lowest BCUT2D eigenvalue weighted by molar-refractivity contribution is 0.122. The van der Waals surface area contributed by atoms with Crippen LogP contribution in [0, 0.1) is 0 Å². The van der Waals surface area contributed by atoms with Crippen molar-refractivity contribution in [2.24, 2.45) is 0 Å². The number of hydrogen-bond donors (Lipinski definition) is 0. The largest absolute Gasteiger partial charge is 0.378 e. The van der Waals surface area contributed by atoms with Gasteiger partial charge in [-0.25, -0.2) is 0 Å². The minimum atomic E-state index is 0.820. The fourth-order valence-electron chi connectivity index (χ4n) is 3.56. The summed E-state index contributed by atoms with van der Waals surface area (Å²) >= 11 is 1.89. The van der Waals surface area contributed by atoms with Gasteiger partial charge in [0.2, 0.25) is 0 Å². The van der Waals surface area contributed by atoms with Gasteiger partial charge >= 0.3 is 0 Å². The molecular formula is C22H26N2OS. The zero-order valence-electron chi connectivity index (χ0n) is 15.6. The van der Waals surface area contributed by atoms with Crippen LogP contribution in [0.5, 0.6) is 0 Å². The molecular weight excluding hydrogens is 340 g/mol. The molecule has 3 nitrogen and oxygen atoms in total. The molecule has 2 aromatic rings. The third kappa shape index (κ3) is 3.68. The summed E-state index contributed by atoms with van der Waals surface area (Å²) < 4.78 is 5.52. The molecule has 0 unspecified atom stereocenters. The van der Waals surface area contributed by atoms with Gasteiger partial charge in [-0.2, -0.15) is 0 Å². The van der Waals surface area contributed by atoms with Crippen molar-refractivity contribution in [2.75, 3.05) is 51.8 Å². The number of anilines is 1. The van der Waals surface area contributed by atoms with Crippen LogP contribution in [-0.4, -0.2) is 51.8 Å². The molecule has 1 saturated heterocycles. The van der Waals surface area contributed by atoms with E-state index in [0.717, 1.165) is 39.3 Å². The summed E-state index contributed by atoms with van der Waals surface area (Å²) in [6, 6.07) is 15.7. The minimum absolute atomic E-state index is 0.820. The van der Waals surface area contributed by atoms with Crippen molar-refractivity contribution in [1.82, 2.24) is 4.90 Å². The number of rotatable bonds is 4. The Morgan fingerprint density at radius 1 is 1.04 bits per heavy atom. The number of fused-ring (bicyclic) bond motifs is 2. The fourth-order valence-corrected chi connectivity index (χ4v) is 4.65. The van der Waals surface area contributed by atoms with Crippen molar-refractivity contribution in [2.45, 2.75) is 16.2 Å². The zero-order chi connectivity index (χ0) is 17.9. The molecule has 136 valence electrons. The Morgan fingerprint density at radius 3 is 2.62 bits per heavy atom. The predicted octanol–water partition coefficient (Wildman–Crippen LogP) is 4.37. The summed E-state index contributed by atoms with van der Waals surface area (Å²) in [6.07, 6.45) is 3.48. The molecule has 0 atom stereocenters.